The molecule has 0 amide bonds. The lowest BCUT2D eigenvalue weighted by Crippen LogP contribution is -2.22. The van der Waals surface area contributed by atoms with Crippen molar-refractivity contribution < 1.29 is 0 Å². The molecule has 1 aliphatic rings. The first kappa shape index (κ1) is 28.1. The van der Waals surface area contributed by atoms with Crippen molar-refractivity contribution in [2.75, 3.05) is 11.4 Å². The molecule has 0 unspecified atom stereocenters. The number of anilines is 1. The van der Waals surface area contributed by atoms with Gasteiger partial charge in [-0.15, -0.1) is 17.0 Å². The highest BCUT2D eigenvalue weighted by Crippen LogP contribution is 2.28. The van der Waals surface area contributed by atoms with Crippen LogP contribution in [0.15, 0.2) is 42.4 Å². The van der Waals surface area contributed by atoms with E-state index >= 15 is 0 Å². The molecule has 1 aliphatic heterocycles. The summed E-state index contributed by atoms with van der Waals surface area (Å²) in [5.41, 5.74) is 4.39. The van der Waals surface area contributed by atoms with Crippen LogP contribution in [0.4, 0.5) is 5.69 Å². The van der Waals surface area contributed by atoms with Crippen LogP contribution >= 0.6 is 40.2 Å². The second-order valence-corrected chi connectivity index (χ2v) is 8.90. The van der Waals surface area contributed by atoms with Crippen LogP contribution in [0.25, 0.3) is 0 Å². The SMILES string of the molecule is Br.CCCCCCCCCCCCN1C=C(C)Cc2ccccc21.Clc1nc[nH]c1Cl. The van der Waals surface area contributed by atoms with Gasteiger partial charge in [-0.05, 0) is 31.4 Å². The molecular formula is C25H38BrCl2N3. The highest BCUT2D eigenvalue weighted by molar-refractivity contribution is 8.93. The normalized spacial score (nSPS) is 12.4. The van der Waals surface area contributed by atoms with E-state index in [2.05, 4.69) is 59.2 Å². The number of para-hydroxylation sites is 1. The summed E-state index contributed by atoms with van der Waals surface area (Å²) >= 11 is 10.7. The largest absolute Gasteiger partial charge is 0.348 e. The van der Waals surface area contributed by atoms with E-state index in [1.165, 1.54) is 93.9 Å². The molecule has 0 saturated carbocycles. The molecule has 6 heteroatoms. The van der Waals surface area contributed by atoms with Gasteiger partial charge in [0.15, 0.2) is 5.15 Å². The lowest BCUT2D eigenvalue weighted by molar-refractivity contribution is 0.557. The summed E-state index contributed by atoms with van der Waals surface area (Å²) in [5.74, 6) is 0. The highest BCUT2D eigenvalue weighted by Gasteiger charge is 2.14. The van der Waals surface area contributed by atoms with Crippen molar-refractivity contribution in [1.29, 1.82) is 0 Å². The Kier molecular flexibility index (Phi) is 15.1. The Labute approximate surface area is 209 Å². The van der Waals surface area contributed by atoms with E-state index in [9.17, 15) is 0 Å². The van der Waals surface area contributed by atoms with Crippen molar-refractivity contribution in [3.05, 3.63) is 58.2 Å². The van der Waals surface area contributed by atoms with Crippen LogP contribution in [0.2, 0.25) is 10.3 Å². The molecule has 0 atom stereocenters. The minimum atomic E-state index is 0. The van der Waals surface area contributed by atoms with E-state index in [0.717, 1.165) is 6.42 Å². The van der Waals surface area contributed by atoms with Gasteiger partial charge in [-0.2, -0.15) is 0 Å². The molecule has 31 heavy (non-hydrogen) atoms. The number of hydrogen-bond donors (Lipinski definition) is 1. The van der Waals surface area contributed by atoms with Crippen LogP contribution in [-0.4, -0.2) is 16.5 Å². The molecule has 1 aromatic heterocycles. The molecule has 3 nitrogen and oxygen atoms in total. The van der Waals surface area contributed by atoms with Gasteiger partial charge in [-0.1, -0.05) is 112 Å². The van der Waals surface area contributed by atoms with Gasteiger partial charge < -0.3 is 9.88 Å². The molecular weight excluding hydrogens is 493 g/mol. The predicted molar refractivity (Wildman–Crippen MR) is 142 cm³/mol. The number of H-pyrrole nitrogens is 1. The van der Waals surface area contributed by atoms with Gasteiger partial charge in [-0.25, -0.2) is 4.98 Å². The zero-order valence-electron chi connectivity index (χ0n) is 19.0. The number of halogens is 3. The molecule has 0 fully saturated rings. The van der Waals surface area contributed by atoms with Gasteiger partial charge in [0, 0.05) is 18.4 Å². The zero-order valence-corrected chi connectivity index (χ0v) is 22.2. The number of rotatable bonds is 11. The van der Waals surface area contributed by atoms with Crippen molar-refractivity contribution in [1.82, 2.24) is 9.97 Å². The van der Waals surface area contributed by atoms with Crippen molar-refractivity contribution in [3.63, 3.8) is 0 Å². The maximum absolute atomic E-state index is 5.37. The second kappa shape index (κ2) is 16.6. The predicted octanol–water partition coefficient (Wildman–Crippen LogP) is 9.17. The van der Waals surface area contributed by atoms with Crippen molar-refractivity contribution in [2.45, 2.75) is 84.5 Å². The van der Waals surface area contributed by atoms with Crippen molar-refractivity contribution in [3.8, 4) is 0 Å². The van der Waals surface area contributed by atoms with Gasteiger partial charge in [0.1, 0.15) is 5.15 Å². The summed E-state index contributed by atoms with van der Waals surface area (Å²) in [4.78, 5) is 8.66. The number of nitrogens with one attached hydrogen (secondary N) is 1. The fraction of sp³-hybridized carbons (Fsp3) is 0.560. The Hall–Kier alpha value is -0.970. The van der Waals surface area contributed by atoms with E-state index in [0.29, 0.717) is 10.3 Å². The topological polar surface area (TPSA) is 31.9 Å². The van der Waals surface area contributed by atoms with Crippen LogP contribution in [0, 0.1) is 0 Å². The zero-order chi connectivity index (χ0) is 21.6. The molecule has 2 aromatic rings. The maximum atomic E-state index is 5.37. The quantitative estimate of drug-likeness (QED) is 0.293. The van der Waals surface area contributed by atoms with Crippen LogP contribution in [0.3, 0.4) is 0 Å². The first-order valence-electron chi connectivity index (χ1n) is 11.5. The molecule has 0 spiro atoms. The first-order chi connectivity index (χ1) is 14.6. The average molecular weight is 531 g/mol. The lowest BCUT2D eigenvalue weighted by Gasteiger charge is -2.28. The van der Waals surface area contributed by atoms with E-state index < -0.39 is 0 Å². The fourth-order valence-corrected chi connectivity index (χ4v) is 4.04. The lowest BCUT2D eigenvalue weighted by atomic mass is 10.00. The molecule has 2 heterocycles. The second-order valence-electron chi connectivity index (χ2n) is 8.16. The van der Waals surface area contributed by atoms with Gasteiger partial charge in [0.25, 0.3) is 0 Å². The van der Waals surface area contributed by atoms with Crippen LogP contribution < -0.4 is 4.90 Å². The average Bonchev–Trinajstić information content (AvgIpc) is 3.12. The summed E-state index contributed by atoms with van der Waals surface area (Å²) in [6.45, 7) is 5.71. The number of benzene rings is 1. The third kappa shape index (κ3) is 10.9. The molecule has 3 rings (SSSR count). The van der Waals surface area contributed by atoms with Gasteiger partial charge in [0.2, 0.25) is 0 Å². The molecule has 0 saturated heterocycles. The van der Waals surface area contributed by atoms with Gasteiger partial charge in [-0.3, -0.25) is 0 Å². The van der Waals surface area contributed by atoms with Crippen molar-refractivity contribution in [2.24, 2.45) is 0 Å². The number of aromatic nitrogens is 2. The molecule has 0 radical (unpaired) electrons. The van der Waals surface area contributed by atoms with E-state index in [1.54, 1.807) is 0 Å². The van der Waals surface area contributed by atoms with Gasteiger partial charge >= 0.3 is 0 Å². The summed E-state index contributed by atoms with van der Waals surface area (Å²) in [5, 5.41) is 0.711. The maximum Gasteiger partial charge on any atom is 0.165 e. The summed E-state index contributed by atoms with van der Waals surface area (Å²) in [6.07, 6.45) is 19.0. The number of hydrogen-bond acceptors (Lipinski definition) is 2. The monoisotopic (exact) mass is 529 g/mol. The minimum absolute atomic E-state index is 0. The van der Waals surface area contributed by atoms with E-state index in [4.69, 9.17) is 23.2 Å². The Morgan fingerprint density at radius 3 is 2.10 bits per heavy atom. The van der Waals surface area contributed by atoms with Gasteiger partial charge in [0.05, 0.1) is 6.33 Å². The Balaban J connectivity index is 0.000000510. The molecule has 1 aromatic carbocycles. The molecule has 0 aliphatic carbocycles. The Morgan fingerprint density at radius 2 is 1.55 bits per heavy atom. The number of fused-ring (bicyclic) bond motifs is 1. The third-order valence-electron chi connectivity index (χ3n) is 5.45. The smallest absolute Gasteiger partial charge is 0.165 e. The standard InChI is InChI=1S/C22H35N.C3H2Cl2N2.BrH/c1-3-4-5-6-7-8-9-10-11-14-17-23-19-20(2)18-21-15-12-13-16-22(21)23;4-2-3(5)7-1-6-2;/h12-13,15-16,19H,3-11,14,17-18H2,1-2H3;1H,(H,6,7);1H. The van der Waals surface area contributed by atoms with Crippen LogP contribution in [0.5, 0.6) is 0 Å². The number of nitrogens with zero attached hydrogens (tertiary/aromatic N) is 2. The van der Waals surface area contributed by atoms with Crippen LogP contribution in [0.1, 0.15) is 83.6 Å². The fourth-order valence-electron chi connectivity index (χ4n) is 3.84. The number of aromatic amines is 1. The van der Waals surface area contributed by atoms with E-state index in [-0.39, 0.29) is 17.0 Å². The highest BCUT2D eigenvalue weighted by atomic mass is 79.9. The summed E-state index contributed by atoms with van der Waals surface area (Å²) < 4.78 is 0. The molecule has 174 valence electrons. The van der Waals surface area contributed by atoms with Crippen LogP contribution in [-0.2, 0) is 6.42 Å². The Bertz CT molecular complexity index is 744. The minimum Gasteiger partial charge on any atom is -0.348 e. The molecule has 0 bridgehead atoms. The third-order valence-corrected chi connectivity index (χ3v) is 6.12. The molecule has 1 N–H and O–H groups in total. The first-order valence-corrected chi connectivity index (χ1v) is 12.2. The van der Waals surface area contributed by atoms with E-state index in [1.807, 2.05) is 0 Å². The van der Waals surface area contributed by atoms with Crippen molar-refractivity contribution >= 4 is 45.9 Å². The number of imidazole rings is 1. The summed E-state index contributed by atoms with van der Waals surface area (Å²) in [7, 11) is 0. The number of unbranched alkanes of at least 4 members (excludes halogenated alkanes) is 9. The Morgan fingerprint density at radius 1 is 0.935 bits per heavy atom. The number of allylic oxidation sites excluding steroid dienone is 1. The summed E-state index contributed by atoms with van der Waals surface area (Å²) in [6, 6.07) is 8.88.